The van der Waals surface area contributed by atoms with Gasteiger partial charge >= 0.3 is 0 Å². The summed E-state index contributed by atoms with van der Waals surface area (Å²) in [4.78, 5) is 33.3. The minimum absolute atomic E-state index is 0. The first-order valence-electron chi connectivity index (χ1n) is 9.24. The first-order valence-corrected chi connectivity index (χ1v) is 9.24. The van der Waals surface area contributed by atoms with Crippen LogP contribution in [0.1, 0.15) is 18.0 Å². The summed E-state index contributed by atoms with van der Waals surface area (Å²) in [5.41, 5.74) is 1.18. The lowest BCUT2D eigenvalue weighted by Crippen LogP contribution is -2.51. The topological polar surface area (TPSA) is 65.5 Å². The summed E-state index contributed by atoms with van der Waals surface area (Å²) < 4.78 is 26.7. The van der Waals surface area contributed by atoms with E-state index in [1.165, 1.54) is 11.0 Å². The van der Waals surface area contributed by atoms with Crippen LogP contribution in [0.15, 0.2) is 42.7 Å². The molecule has 2 fully saturated rings. The number of carbonyl (C=O) groups is 2. The van der Waals surface area contributed by atoms with Crippen LogP contribution in [-0.4, -0.2) is 47.9 Å². The highest BCUT2D eigenvalue weighted by Gasteiger charge is 2.42. The fourth-order valence-electron chi connectivity index (χ4n) is 3.86. The lowest BCUT2D eigenvalue weighted by Gasteiger charge is -2.37. The van der Waals surface area contributed by atoms with E-state index in [0.29, 0.717) is 32.6 Å². The van der Waals surface area contributed by atoms with Gasteiger partial charge in [0.05, 0.1) is 6.04 Å². The van der Waals surface area contributed by atoms with Gasteiger partial charge in [0, 0.05) is 50.3 Å². The van der Waals surface area contributed by atoms with Crippen molar-refractivity contribution < 1.29 is 18.4 Å². The van der Waals surface area contributed by atoms with Crippen LogP contribution in [0.25, 0.3) is 0 Å². The standard InChI is InChI=1S/C20H20F2N4O2.ClH/c21-16-4-3-14(10-17(16)22)25-8-5-15(19(25)27)20(28)26-9-7-24-12-18(26)13-2-1-6-23-11-13;/h1-4,6,10-11,15,18,24H,5,7-9,12H2;1H. The van der Waals surface area contributed by atoms with Crippen LogP contribution in [0.3, 0.4) is 0 Å². The van der Waals surface area contributed by atoms with Crippen LogP contribution < -0.4 is 10.2 Å². The second kappa shape index (κ2) is 8.84. The van der Waals surface area contributed by atoms with Crippen LogP contribution in [0.4, 0.5) is 14.5 Å². The van der Waals surface area contributed by atoms with E-state index in [2.05, 4.69) is 10.3 Å². The van der Waals surface area contributed by atoms with E-state index in [4.69, 9.17) is 0 Å². The van der Waals surface area contributed by atoms with Gasteiger partial charge in [-0.25, -0.2) is 8.78 Å². The number of piperazine rings is 1. The summed E-state index contributed by atoms with van der Waals surface area (Å²) in [6, 6.07) is 6.87. The van der Waals surface area contributed by atoms with Crippen molar-refractivity contribution in [3.63, 3.8) is 0 Å². The molecule has 2 aliphatic heterocycles. The SMILES string of the molecule is Cl.O=C1C(C(=O)N2CCNCC2c2cccnc2)CCN1c1ccc(F)c(F)c1. The summed E-state index contributed by atoms with van der Waals surface area (Å²) in [7, 11) is 0. The van der Waals surface area contributed by atoms with Gasteiger partial charge in [-0.1, -0.05) is 6.07 Å². The van der Waals surface area contributed by atoms with Crippen molar-refractivity contribution in [1.29, 1.82) is 0 Å². The number of aromatic nitrogens is 1. The molecule has 0 aliphatic carbocycles. The van der Waals surface area contributed by atoms with Gasteiger partial charge in [-0.05, 0) is 30.2 Å². The number of nitrogens with zero attached hydrogens (tertiary/aromatic N) is 3. The van der Waals surface area contributed by atoms with Crippen molar-refractivity contribution in [2.24, 2.45) is 5.92 Å². The Hall–Kier alpha value is -2.58. The molecule has 2 amide bonds. The Balaban J connectivity index is 0.00000240. The first kappa shape index (κ1) is 21.1. The van der Waals surface area contributed by atoms with E-state index >= 15 is 0 Å². The largest absolute Gasteiger partial charge is 0.332 e. The Kier molecular flexibility index (Phi) is 6.44. The fourth-order valence-corrected chi connectivity index (χ4v) is 3.86. The smallest absolute Gasteiger partial charge is 0.239 e. The van der Waals surface area contributed by atoms with Crippen molar-refractivity contribution in [2.75, 3.05) is 31.1 Å². The molecule has 0 radical (unpaired) electrons. The van der Waals surface area contributed by atoms with Crippen molar-refractivity contribution in [3.8, 4) is 0 Å². The predicted octanol–water partition coefficient (Wildman–Crippen LogP) is 2.31. The van der Waals surface area contributed by atoms with Crippen LogP contribution in [-0.2, 0) is 9.59 Å². The molecular weight excluding hydrogens is 402 g/mol. The minimum Gasteiger partial charge on any atom is -0.332 e. The third kappa shape index (κ3) is 4.09. The average Bonchev–Trinajstić information content (AvgIpc) is 3.11. The number of rotatable bonds is 3. The molecule has 1 N–H and O–H groups in total. The summed E-state index contributed by atoms with van der Waals surface area (Å²) in [6.45, 7) is 2.03. The predicted molar refractivity (Wildman–Crippen MR) is 106 cm³/mol. The van der Waals surface area contributed by atoms with E-state index in [0.717, 1.165) is 17.7 Å². The van der Waals surface area contributed by atoms with Gasteiger partial charge in [-0.3, -0.25) is 14.6 Å². The number of halogens is 3. The molecule has 29 heavy (non-hydrogen) atoms. The van der Waals surface area contributed by atoms with Gasteiger partial charge in [0.1, 0.15) is 5.92 Å². The number of carbonyl (C=O) groups excluding carboxylic acids is 2. The van der Waals surface area contributed by atoms with E-state index in [1.54, 1.807) is 17.3 Å². The van der Waals surface area contributed by atoms with Crippen molar-refractivity contribution in [2.45, 2.75) is 12.5 Å². The lowest BCUT2D eigenvalue weighted by molar-refractivity contribution is -0.142. The van der Waals surface area contributed by atoms with Gasteiger partial charge < -0.3 is 15.1 Å². The molecule has 9 heteroatoms. The molecule has 6 nitrogen and oxygen atoms in total. The summed E-state index contributed by atoms with van der Waals surface area (Å²) in [5, 5.41) is 3.27. The number of hydrogen-bond acceptors (Lipinski definition) is 4. The second-order valence-electron chi connectivity index (χ2n) is 6.97. The molecule has 2 saturated heterocycles. The van der Waals surface area contributed by atoms with Gasteiger partial charge in [0.2, 0.25) is 11.8 Å². The number of amides is 2. The molecular formula is C20H21ClF2N4O2. The Morgan fingerprint density at radius 3 is 2.72 bits per heavy atom. The fraction of sp³-hybridized carbons (Fsp3) is 0.350. The van der Waals surface area contributed by atoms with E-state index < -0.39 is 17.6 Å². The van der Waals surface area contributed by atoms with Crippen LogP contribution >= 0.6 is 12.4 Å². The zero-order chi connectivity index (χ0) is 19.7. The maximum Gasteiger partial charge on any atom is 0.239 e. The molecule has 1 aromatic heterocycles. The Morgan fingerprint density at radius 2 is 2.00 bits per heavy atom. The van der Waals surface area contributed by atoms with Crippen LogP contribution in [0.2, 0.25) is 0 Å². The number of anilines is 1. The first-order chi connectivity index (χ1) is 13.6. The third-order valence-corrected chi connectivity index (χ3v) is 5.31. The average molecular weight is 423 g/mol. The minimum atomic E-state index is -1.01. The Labute approximate surface area is 173 Å². The molecule has 0 saturated carbocycles. The van der Waals surface area contributed by atoms with E-state index in [-0.39, 0.29) is 36.0 Å². The van der Waals surface area contributed by atoms with Crippen molar-refractivity contribution in [3.05, 3.63) is 59.9 Å². The lowest BCUT2D eigenvalue weighted by atomic mass is 10.0. The molecule has 154 valence electrons. The van der Waals surface area contributed by atoms with Gasteiger partial charge in [0.15, 0.2) is 11.6 Å². The Bertz CT molecular complexity index is 899. The highest BCUT2D eigenvalue weighted by atomic mass is 35.5. The molecule has 2 unspecified atom stereocenters. The summed E-state index contributed by atoms with van der Waals surface area (Å²) >= 11 is 0. The Morgan fingerprint density at radius 1 is 1.17 bits per heavy atom. The highest BCUT2D eigenvalue weighted by molar-refractivity contribution is 6.09. The molecule has 2 aliphatic rings. The third-order valence-electron chi connectivity index (χ3n) is 5.31. The molecule has 1 aromatic carbocycles. The maximum absolute atomic E-state index is 13.5. The molecule has 3 heterocycles. The van der Waals surface area contributed by atoms with Gasteiger partial charge in [-0.15, -0.1) is 12.4 Å². The highest BCUT2D eigenvalue weighted by Crippen LogP contribution is 2.30. The van der Waals surface area contributed by atoms with Crippen LogP contribution in [0.5, 0.6) is 0 Å². The molecule has 0 spiro atoms. The number of benzene rings is 1. The molecule has 2 aromatic rings. The zero-order valence-corrected chi connectivity index (χ0v) is 16.4. The van der Waals surface area contributed by atoms with E-state index in [1.807, 2.05) is 12.1 Å². The summed E-state index contributed by atoms with van der Waals surface area (Å²) in [5.74, 6) is -3.41. The van der Waals surface area contributed by atoms with Gasteiger partial charge in [0.25, 0.3) is 0 Å². The van der Waals surface area contributed by atoms with Gasteiger partial charge in [-0.2, -0.15) is 0 Å². The molecule has 0 bridgehead atoms. The normalized spacial score (nSPS) is 21.8. The number of hydrogen-bond donors (Lipinski definition) is 1. The molecule has 4 rings (SSSR count). The van der Waals surface area contributed by atoms with Crippen molar-refractivity contribution in [1.82, 2.24) is 15.2 Å². The van der Waals surface area contributed by atoms with Crippen molar-refractivity contribution >= 4 is 29.9 Å². The molecule has 2 atom stereocenters. The number of nitrogens with one attached hydrogen (secondary N) is 1. The van der Waals surface area contributed by atoms with Crippen LogP contribution in [0, 0.1) is 17.6 Å². The second-order valence-corrected chi connectivity index (χ2v) is 6.97. The van der Waals surface area contributed by atoms with E-state index in [9.17, 15) is 18.4 Å². The zero-order valence-electron chi connectivity index (χ0n) is 15.6. The summed E-state index contributed by atoms with van der Waals surface area (Å²) in [6.07, 6.45) is 3.74. The number of pyridine rings is 1. The maximum atomic E-state index is 13.5. The monoisotopic (exact) mass is 422 g/mol. The quantitative estimate of drug-likeness (QED) is 0.771.